The Morgan fingerprint density at radius 2 is 1.89 bits per heavy atom. The van der Waals surface area contributed by atoms with Gasteiger partial charge >= 0.3 is 12.2 Å². The summed E-state index contributed by atoms with van der Waals surface area (Å²) in [5.74, 6) is 0.673. The van der Waals surface area contributed by atoms with Gasteiger partial charge in [-0.3, -0.25) is 0 Å². The van der Waals surface area contributed by atoms with Crippen molar-refractivity contribution in [2.24, 2.45) is 0 Å². The van der Waals surface area contributed by atoms with Gasteiger partial charge < -0.3 is 15.0 Å². The number of nitrogens with one attached hydrogen (secondary N) is 1. The predicted octanol–water partition coefficient (Wildman–Crippen LogP) is 6.49. The van der Waals surface area contributed by atoms with Gasteiger partial charge in [-0.25, -0.2) is 4.79 Å². The first-order valence-electron chi connectivity index (χ1n) is 11.6. The minimum atomic E-state index is -4.38. The average molecular weight is 494 g/mol. The molecule has 0 saturated carbocycles. The van der Waals surface area contributed by atoms with Crippen molar-refractivity contribution in [1.82, 2.24) is 10.2 Å². The van der Waals surface area contributed by atoms with Crippen LogP contribution >= 0.6 is 0 Å². The van der Waals surface area contributed by atoms with E-state index in [-0.39, 0.29) is 12.1 Å². The lowest BCUT2D eigenvalue weighted by molar-refractivity contribution is -0.137. The number of amides is 2. The lowest BCUT2D eigenvalue weighted by Gasteiger charge is -2.32. The van der Waals surface area contributed by atoms with E-state index < -0.39 is 11.7 Å². The largest absolute Gasteiger partial charge is 0.497 e. The fourth-order valence-electron chi connectivity index (χ4n) is 4.52. The van der Waals surface area contributed by atoms with Crippen molar-refractivity contribution < 1.29 is 22.7 Å². The molecule has 0 unspecified atom stereocenters. The molecule has 3 aromatic rings. The smallest absolute Gasteiger partial charge is 0.416 e. The van der Waals surface area contributed by atoms with Gasteiger partial charge in [-0.1, -0.05) is 42.5 Å². The van der Waals surface area contributed by atoms with E-state index in [9.17, 15) is 18.0 Å². The zero-order valence-corrected chi connectivity index (χ0v) is 19.8. The molecule has 1 aliphatic rings. The van der Waals surface area contributed by atoms with Gasteiger partial charge in [0.05, 0.1) is 24.8 Å². The maximum absolute atomic E-state index is 13.2. The van der Waals surface area contributed by atoms with E-state index in [1.165, 1.54) is 12.1 Å². The number of hydrogen-bond donors (Lipinski definition) is 1. The molecule has 0 bridgehead atoms. The number of carbonyl (C=O) groups is 1. The SMILES string of the molecule is COc1cccc([C@H](CCC#N)NC(=O)N2CCc3c(cccc3-c3ccc(C(F)(F)F)cc3)C2)c1. The Labute approximate surface area is 208 Å². The van der Waals surface area contributed by atoms with Crippen LogP contribution in [-0.4, -0.2) is 24.6 Å². The molecule has 36 heavy (non-hydrogen) atoms. The van der Waals surface area contributed by atoms with Crippen molar-refractivity contribution in [1.29, 1.82) is 5.26 Å². The van der Waals surface area contributed by atoms with Crippen LogP contribution in [0.2, 0.25) is 0 Å². The Morgan fingerprint density at radius 3 is 2.58 bits per heavy atom. The molecule has 1 N–H and O–H groups in total. The number of nitriles is 1. The highest BCUT2D eigenvalue weighted by Crippen LogP contribution is 2.34. The van der Waals surface area contributed by atoms with Gasteiger partial charge in [0, 0.05) is 19.5 Å². The van der Waals surface area contributed by atoms with Crippen LogP contribution in [0.15, 0.2) is 66.7 Å². The maximum Gasteiger partial charge on any atom is 0.416 e. The van der Waals surface area contributed by atoms with E-state index in [1.54, 1.807) is 12.0 Å². The Kier molecular flexibility index (Phi) is 7.49. The fraction of sp³-hybridized carbons (Fsp3) is 0.286. The molecule has 5 nitrogen and oxygen atoms in total. The summed E-state index contributed by atoms with van der Waals surface area (Å²) in [7, 11) is 1.58. The molecular weight excluding hydrogens is 467 g/mol. The number of halogens is 3. The van der Waals surface area contributed by atoms with Crippen LogP contribution in [0.4, 0.5) is 18.0 Å². The summed E-state index contributed by atoms with van der Waals surface area (Å²) in [5.41, 5.74) is 3.77. The zero-order valence-electron chi connectivity index (χ0n) is 19.8. The molecular formula is C28H26F3N3O2. The first-order valence-corrected chi connectivity index (χ1v) is 11.6. The minimum absolute atomic E-state index is 0.230. The van der Waals surface area contributed by atoms with Gasteiger partial charge in [-0.05, 0) is 64.9 Å². The van der Waals surface area contributed by atoms with E-state index in [2.05, 4.69) is 11.4 Å². The average Bonchev–Trinajstić information content (AvgIpc) is 2.89. The molecule has 0 spiro atoms. The molecule has 0 radical (unpaired) electrons. The third-order valence-electron chi connectivity index (χ3n) is 6.42. The number of hydrogen-bond acceptors (Lipinski definition) is 3. The Balaban J connectivity index is 1.51. The normalized spacial score (nSPS) is 13.9. The van der Waals surface area contributed by atoms with E-state index in [0.29, 0.717) is 43.7 Å². The highest BCUT2D eigenvalue weighted by molar-refractivity contribution is 5.76. The molecule has 0 aromatic heterocycles. The minimum Gasteiger partial charge on any atom is -0.497 e. The first kappa shape index (κ1) is 25.1. The first-order chi connectivity index (χ1) is 17.3. The van der Waals surface area contributed by atoms with Crippen molar-refractivity contribution in [2.45, 2.75) is 38.0 Å². The summed E-state index contributed by atoms with van der Waals surface area (Å²) in [6.07, 6.45) is -3.03. The molecule has 186 valence electrons. The summed E-state index contributed by atoms with van der Waals surface area (Å²) in [6, 6.07) is 19.9. The lowest BCUT2D eigenvalue weighted by atomic mass is 9.90. The number of fused-ring (bicyclic) bond motifs is 1. The summed E-state index contributed by atoms with van der Waals surface area (Å²) < 4.78 is 44.2. The third kappa shape index (κ3) is 5.62. The number of alkyl halides is 3. The fourth-order valence-corrected chi connectivity index (χ4v) is 4.52. The highest BCUT2D eigenvalue weighted by atomic mass is 19.4. The zero-order chi connectivity index (χ0) is 25.7. The van der Waals surface area contributed by atoms with E-state index >= 15 is 0 Å². The highest BCUT2D eigenvalue weighted by Gasteiger charge is 2.30. The summed E-state index contributed by atoms with van der Waals surface area (Å²) in [4.78, 5) is 14.9. The number of rotatable bonds is 6. The van der Waals surface area contributed by atoms with Crippen molar-refractivity contribution in [3.63, 3.8) is 0 Å². The second kappa shape index (κ2) is 10.7. The monoisotopic (exact) mass is 493 g/mol. The lowest BCUT2D eigenvalue weighted by Crippen LogP contribution is -2.44. The van der Waals surface area contributed by atoms with Crippen LogP contribution in [0.3, 0.4) is 0 Å². The van der Waals surface area contributed by atoms with Crippen molar-refractivity contribution in [3.8, 4) is 22.9 Å². The van der Waals surface area contributed by atoms with Gasteiger partial charge in [0.1, 0.15) is 5.75 Å². The van der Waals surface area contributed by atoms with Crippen LogP contribution in [0.25, 0.3) is 11.1 Å². The van der Waals surface area contributed by atoms with Gasteiger partial charge in [-0.15, -0.1) is 0 Å². The van der Waals surface area contributed by atoms with Gasteiger partial charge in [-0.2, -0.15) is 18.4 Å². The molecule has 3 aromatic carbocycles. The van der Waals surface area contributed by atoms with Crippen molar-refractivity contribution >= 4 is 6.03 Å². The second-order valence-electron chi connectivity index (χ2n) is 8.67. The maximum atomic E-state index is 13.2. The quantitative estimate of drug-likeness (QED) is 0.427. The molecule has 0 fully saturated rings. The van der Waals surface area contributed by atoms with Crippen molar-refractivity contribution in [2.75, 3.05) is 13.7 Å². The molecule has 1 aliphatic heterocycles. The summed E-state index contributed by atoms with van der Waals surface area (Å²) >= 11 is 0. The molecule has 1 atom stereocenters. The van der Waals surface area contributed by atoms with Gasteiger partial charge in [0.2, 0.25) is 0 Å². The topological polar surface area (TPSA) is 65.4 Å². The molecule has 0 aliphatic carbocycles. The molecule has 0 saturated heterocycles. The van der Waals surface area contributed by atoms with Crippen LogP contribution < -0.4 is 10.1 Å². The molecule has 8 heteroatoms. The van der Waals surface area contributed by atoms with E-state index in [4.69, 9.17) is 10.00 Å². The van der Waals surface area contributed by atoms with Gasteiger partial charge in [0.25, 0.3) is 0 Å². The molecule has 4 rings (SSSR count). The van der Waals surface area contributed by atoms with Crippen LogP contribution in [0.5, 0.6) is 5.75 Å². The van der Waals surface area contributed by atoms with E-state index in [1.807, 2.05) is 42.5 Å². The van der Waals surface area contributed by atoms with Crippen LogP contribution in [-0.2, 0) is 19.1 Å². The van der Waals surface area contributed by atoms with Crippen molar-refractivity contribution in [3.05, 3.63) is 89.0 Å². The Bertz CT molecular complexity index is 1270. The van der Waals surface area contributed by atoms with Crippen LogP contribution in [0.1, 0.15) is 41.1 Å². The van der Waals surface area contributed by atoms with Crippen LogP contribution in [0, 0.1) is 11.3 Å². The number of urea groups is 1. The second-order valence-corrected chi connectivity index (χ2v) is 8.67. The Hall–Kier alpha value is -3.99. The number of carbonyl (C=O) groups excluding carboxylic acids is 1. The number of nitrogens with zero attached hydrogens (tertiary/aromatic N) is 2. The standard InChI is InChI=1S/C28H26F3N3O2/c1-36-23-7-2-5-20(17-23)26(9-4-15-32)33-27(35)34-16-14-25-21(18-34)6-3-8-24(25)19-10-12-22(13-11-19)28(29,30)31/h2-3,5-8,10-13,17,26H,4,9,14,16,18H2,1H3,(H,33,35)/t26-/m0/s1. The predicted molar refractivity (Wildman–Crippen MR) is 130 cm³/mol. The van der Waals surface area contributed by atoms with Gasteiger partial charge in [0.15, 0.2) is 0 Å². The van der Waals surface area contributed by atoms with E-state index in [0.717, 1.165) is 34.4 Å². The molecule has 1 heterocycles. The third-order valence-corrected chi connectivity index (χ3v) is 6.42. The summed E-state index contributed by atoms with van der Waals surface area (Å²) in [5, 5.41) is 12.1. The Morgan fingerprint density at radius 1 is 1.14 bits per heavy atom. The number of ether oxygens (including phenoxy) is 1. The summed E-state index contributed by atoms with van der Waals surface area (Å²) in [6.45, 7) is 0.859. The number of benzene rings is 3. The number of methoxy groups -OCH3 is 1. The molecule has 2 amide bonds.